The van der Waals surface area contributed by atoms with Gasteiger partial charge in [-0.2, -0.15) is 0 Å². The van der Waals surface area contributed by atoms with Gasteiger partial charge in [0.1, 0.15) is 17.7 Å². The Morgan fingerprint density at radius 1 is 1.03 bits per heavy atom. The van der Waals surface area contributed by atoms with Crippen LogP contribution >= 0.6 is 0 Å². The predicted molar refractivity (Wildman–Crippen MR) is 134 cm³/mol. The summed E-state index contributed by atoms with van der Waals surface area (Å²) in [5.41, 5.74) is 5.68. The third kappa shape index (κ3) is 10.6. The fraction of sp³-hybridized carbons (Fsp3) is 0.667. The molecule has 0 aromatic heterocycles. The lowest BCUT2D eigenvalue weighted by molar-refractivity contribution is -0.134. The van der Waals surface area contributed by atoms with Gasteiger partial charge in [0.2, 0.25) is 5.91 Å². The summed E-state index contributed by atoms with van der Waals surface area (Å²) in [5, 5.41) is 2.82. The quantitative estimate of drug-likeness (QED) is 0.428. The standard InChI is InChI=1S/C27H41N3O5/c1-27(2,3)35-26(33)29-23(24(31)30(17-20-12-13-20)18-21-14-15-21)11-7-10-22(34-25(28)32)16-19-8-5-4-6-9-19/h4-6,8-9,20-23H,7,10-18H2,1-3H3,(H2,28,32)(H,29,33)/t22?,23-/m0/s1. The van der Waals surface area contributed by atoms with Crippen molar-refractivity contribution in [3.63, 3.8) is 0 Å². The number of carbonyl (C=O) groups is 3. The minimum Gasteiger partial charge on any atom is -0.446 e. The molecule has 35 heavy (non-hydrogen) atoms. The Bertz CT molecular complexity index is 832. The van der Waals surface area contributed by atoms with Crippen LogP contribution in [-0.4, -0.2) is 53.8 Å². The number of benzene rings is 1. The first kappa shape index (κ1) is 26.8. The van der Waals surface area contributed by atoms with Crippen LogP contribution in [0.2, 0.25) is 0 Å². The van der Waals surface area contributed by atoms with Gasteiger partial charge in [0.15, 0.2) is 0 Å². The number of nitrogens with zero attached hydrogens (tertiary/aromatic N) is 1. The Hall–Kier alpha value is -2.77. The molecule has 2 aliphatic carbocycles. The van der Waals surface area contributed by atoms with Gasteiger partial charge in [0, 0.05) is 19.5 Å². The van der Waals surface area contributed by atoms with Crippen LogP contribution in [0, 0.1) is 11.8 Å². The van der Waals surface area contributed by atoms with Crippen LogP contribution in [0.25, 0.3) is 0 Å². The van der Waals surface area contributed by atoms with Crippen molar-refractivity contribution in [3.8, 4) is 0 Å². The first-order chi connectivity index (χ1) is 16.6. The van der Waals surface area contributed by atoms with E-state index in [-0.39, 0.29) is 5.91 Å². The predicted octanol–water partition coefficient (Wildman–Crippen LogP) is 4.41. The molecule has 0 bridgehead atoms. The van der Waals surface area contributed by atoms with Gasteiger partial charge in [0.25, 0.3) is 0 Å². The molecule has 3 rings (SSSR count). The number of ether oxygens (including phenoxy) is 2. The van der Waals surface area contributed by atoms with E-state index in [2.05, 4.69) is 5.32 Å². The molecule has 1 aromatic carbocycles. The average molecular weight is 488 g/mol. The highest BCUT2D eigenvalue weighted by molar-refractivity contribution is 5.85. The van der Waals surface area contributed by atoms with Crippen molar-refractivity contribution in [3.05, 3.63) is 35.9 Å². The lowest BCUT2D eigenvalue weighted by Crippen LogP contribution is -2.50. The number of rotatable bonds is 13. The molecule has 8 nitrogen and oxygen atoms in total. The highest BCUT2D eigenvalue weighted by Gasteiger charge is 2.35. The van der Waals surface area contributed by atoms with Crippen LogP contribution in [0.4, 0.5) is 9.59 Å². The van der Waals surface area contributed by atoms with Gasteiger partial charge in [-0.25, -0.2) is 9.59 Å². The fourth-order valence-corrected chi connectivity index (χ4v) is 4.20. The number of primary amides is 1. The van der Waals surface area contributed by atoms with Gasteiger partial charge >= 0.3 is 12.2 Å². The number of nitrogens with two attached hydrogens (primary N) is 1. The minimum absolute atomic E-state index is 0.0508. The summed E-state index contributed by atoms with van der Waals surface area (Å²) in [6.45, 7) is 6.90. The van der Waals surface area contributed by atoms with Gasteiger partial charge in [-0.15, -0.1) is 0 Å². The van der Waals surface area contributed by atoms with Crippen LogP contribution in [-0.2, 0) is 20.7 Å². The van der Waals surface area contributed by atoms with E-state index in [1.807, 2.05) is 35.2 Å². The van der Waals surface area contributed by atoms with Gasteiger partial charge in [-0.1, -0.05) is 30.3 Å². The Labute approximate surface area is 208 Å². The Morgan fingerprint density at radius 3 is 2.14 bits per heavy atom. The SMILES string of the molecule is CC(C)(C)OC(=O)N[C@@H](CCCC(Cc1ccccc1)OC(N)=O)C(=O)N(CC1CC1)CC1CC1. The molecule has 3 amide bonds. The van der Waals surface area contributed by atoms with Crippen molar-refractivity contribution in [1.29, 1.82) is 0 Å². The van der Waals surface area contributed by atoms with E-state index in [1.54, 1.807) is 20.8 Å². The summed E-state index contributed by atoms with van der Waals surface area (Å²) in [7, 11) is 0. The second-order valence-electron chi connectivity index (χ2n) is 11.0. The maximum Gasteiger partial charge on any atom is 0.408 e. The number of alkyl carbamates (subject to hydrolysis) is 1. The molecule has 194 valence electrons. The molecule has 0 aliphatic heterocycles. The van der Waals surface area contributed by atoms with E-state index in [0.717, 1.165) is 44.3 Å². The second-order valence-corrected chi connectivity index (χ2v) is 11.0. The zero-order chi connectivity index (χ0) is 25.4. The Kier molecular flexibility index (Phi) is 9.40. The molecule has 2 saturated carbocycles. The molecule has 0 spiro atoms. The molecular weight excluding hydrogens is 446 g/mol. The number of hydrogen-bond acceptors (Lipinski definition) is 5. The van der Waals surface area contributed by atoms with Gasteiger partial charge in [-0.3, -0.25) is 4.79 Å². The molecule has 0 heterocycles. The number of carbonyl (C=O) groups excluding carboxylic acids is 3. The van der Waals surface area contributed by atoms with Crippen LogP contribution < -0.4 is 11.1 Å². The van der Waals surface area contributed by atoms with Crippen LogP contribution in [0.1, 0.15) is 71.3 Å². The molecular formula is C27H41N3O5. The lowest BCUT2D eigenvalue weighted by atomic mass is 10.0. The van der Waals surface area contributed by atoms with E-state index < -0.39 is 29.9 Å². The highest BCUT2D eigenvalue weighted by atomic mass is 16.6. The normalized spacial score (nSPS) is 17.2. The van der Waals surface area contributed by atoms with E-state index in [9.17, 15) is 14.4 Å². The van der Waals surface area contributed by atoms with E-state index >= 15 is 0 Å². The number of nitrogens with one attached hydrogen (secondary N) is 1. The summed E-state index contributed by atoms with van der Waals surface area (Å²) in [5.74, 6) is 1.09. The maximum atomic E-state index is 13.6. The molecule has 1 aromatic rings. The molecule has 0 radical (unpaired) electrons. The molecule has 3 N–H and O–H groups in total. The maximum absolute atomic E-state index is 13.6. The lowest BCUT2D eigenvalue weighted by Gasteiger charge is -2.29. The van der Waals surface area contributed by atoms with Gasteiger partial charge < -0.3 is 25.4 Å². The smallest absolute Gasteiger partial charge is 0.408 e. The van der Waals surface area contributed by atoms with Crippen LogP contribution in [0.3, 0.4) is 0 Å². The summed E-state index contributed by atoms with van der Waals surface area (Å²) < 4.78 is 10.8. The molecule has 2 atom stereocenters. The Balaban J connectivity index is 1.63. The van der Waals surface area contributed by atoms with Crippen LogP contribution in [0.15, 0.2) is 30.3 Å². The first-order valence-electron chi connectivity index (χ1n) is 12.9. The number of amides is 3. The molecule has 2 aliphatic rings. The van der Waals surface area contributed by atoms with E-state index in [1.165, 1.54) is 0 Å². The third-order valence-electron chi connectivity index (χ3n) is 6.26. The van der Waals surface area contributed by atoms with Crippen molar-refractivity contribution in [1.82, 2.24) is 10.2 Å². The van der Waals surface area contributed by atoms with Crippen LogP contribution in [0.5, 0.6) is 0 Å². The summed E-state index contributed by atoms with van der Waals surface area (Å²) in [6, 6.07) is 9.06. The monoisotopic (exact) mass is 487 g/mol. The van der Waals surface area contributed by atoms with Crippen molar-refractivity contribution in [2.75, 3.05) is 13.1 Å². The minimum atomic E-state index is -0.814. The van der Waals surface area contributed by atoms with Gasteiger partial charge in [-0.05, 0) is 83.1 Å². The molecule has 0 saturated heterocycles. The summed E-state index contributed by atoms with van der Waals surface area (Å²) in [6.07, 6.45) is 4.90. The van der Waals surface area contributed by atoms with Crippen molar-refractivity contribution in [2.45, 2.75) is 89.9 Å². The highest BCUT2D eigenvalue weighted by Crippen LogP contribution is 2.34. The first-order valence-corrected chi connectivity index (χ1v) is 12.9. The largest absolute Gasteiger partial charge is 0.446 e. The topological polar surface area (TPSA) is 111 Å². The van der Waals surface area contributed by atoms with E-state index in [0.29, 0.717) is 37.5 Å². The van der Waals surface area contributed by atoms with Gasteiger partial charge in [0.05, 0.1) is 0 Å². The second kappa shape index (κ2) is 12.3. The third-order valence-corrected chi connectivity index (χ3v) is 6.26. The number of hydrogen-bond donors (Lipinski definition) is 2. The zero-order valence-corrected chi connectivity index (χ0v) is 21.3. The van der Waals surface area contributed by atoms with Crippen molar-refractivity contribution in [2.24, 2.45) is 17.6 Å². The average Bonchev–Trinajstić information content (AvgIpc) is 3.68. The fourth-order valence-electron chi connectivity index (χ4n) is 4.20. The Morgan fingerprint density at radius 2 is 1.63 bits per heavy atom. The molecule has 2 fully saturated rings. The summed E-state index contributed by atoms with van der Waals surface area (Å²) in [4.78, 5) is 39.5. The summed E-state index contributed by atoms with van der Waals surface area (Å²) >= 11 is 0. The van der Waals surface area contributed by atoms with Crippen molar-refractivity contribution >= 4 is 18.1 Å². The molecule has 8 heteroatoms. The molecule has 1 unspecified atom stereocenters. The zero-order valence-electron chi connectivity index (χ0n) is 21.3. The van der Waals surface area contributed by atoms with E-state index in [4.69, 9.17) is 15.2 Å². The van der Waals surface area contributed by atoms with Crippen molar-refractivity contribution < 1.29 is 23.9 Å².